The van der Waals surface area contributed by atoms with Gasteiger partial charge in [0.1, 0.15) is 6.67 Å². The lowest BCUT2D eigenvalue weighted by Crippen LogP contribution is -2.44. The molecule has 0 unspecified atom stereocenters. The molecular formula is C20H20N2O3. The normalized spacial score (nSPS) is 37.1. The van der Waals surface area contributed by atoms with E-state index in [2.05, 4.69) is 12.2 Å². The van der Waals surface area contributed by atoms with Crippen LogP contribution in [-0.2, 0) is 14.4 Å². The third kappa shape index (κ3) is 1.98. The molecule has 1 aliphatic heterocycles. The van der Waals surface area contributed by atoms with E-state index in [9.17, 15) is 14.4 Å². The Balaban J connectivity index is 1.45. The number of hydrogen-bond acceptors (Lipinski definition) is 3. The van der Waals surface area contributed by atoms with Gasteiger partial charge in [0.05, 0.1) is 11.8 Å². The molecule has 3 amide bonds. The highest BCUT2D eigenvalue weighted by Gasteiger charge is 2.67. The van der Waals surface area contributed by atoms with Crippen LogP contribution in [0.15, 0.2) is 42.5 Å². The van der Waals surface area contributed by atoms with Crippen molar-refractivity contribution in [3.8, 4) is 0 Å². The molecule has 2 bridgehead atoms. The van der Waals surface area contributed by atoms with Gasteiger partial charge in [0, 0.05) is 12.6 Å². The van der Waals surface area contributed by atoms with Gasteiger partial charge in [-0.3, -0.25) is 24.2 Å². The molecule has 25 heavy (non-hydrogen) atoms. The summed E-state index contributed by atoms with van der Waals surface area (Å²) in [5.74, 6) is 0.811. The third-order valence-corrected chi connectivity index (χ3v) is 6.48. The minimum atomic E-state index is -0.212. The first kappa shape index (κ1) is 14.9. The average molecular weight is 336 g/mol. The number of anilines is 1. The number of rotatable bonds is 3. The van der Waals surface area contributed by atoms with Crippen molar-refractivity contribution in [2.45, 2.75) is 13.3 Å². The molecule has 0 radical (unpaired) electrons. The lowest BCUT2D eigenvalue weighted by atomic mass is 9.63. The zero-order valence-electron chi connectivity index (χ0n) is 14.0. The van der Waals surface area contributed by atoms with Crippen LogP contribution < -0.4 is 4.90 Å². The highest BCUT2D eigenvalue weighted by molar-refractivity contribution is 6.07. The smallest absolute Gasteiger partial charge is 0.235 e. The first-order chi connectivity index (χ1) is 12.1. The molecule has 6 rings (SSSR count). The summed E-state index contributed by atoms with van der Waals surface area (Å²) in [5.41, 5.74) is 0.703. The summed E-state index contributed by atoms with van der Waals surface area (Å²) in [6.45, 7) is 1.48. The zero-order valence-corrected chi connectivity index (χ0v) is 14.0. The molecule has 1 heterocycles. The monoisotopic (exact) mass is 336 g/mol. The summed E-state index contributed by atoms with van der Waals surface area (Å²) in [5, 5.41) is 0. The van der Waals surface area contributed by atoms with E-state index in [1.807, 2.05) is 30.3 Å². The van der Waals surface area contributed by atoms with Crippen molar-refractivity contribution in [2.24, 2.45) is 35.5 Å². The molecule has 0 N–H and O–H groups in total. The van der Waals surface area contributed by atoms with E-state index in [1.165, 1.54) is 16.7 Å². The van der Waals surface area contributed by atoms with Crippen LogP contribution in [0.3, 0.4) is 0 Å². The molecule has 1 saturated heterocycles. The summed E-state index contributed by atoms with van der Waals surface area (Å²) < 4.78 is 0. The van der Waals surface area contributed by atoms with Gasteiger partial charge < -0.3 is 0 Å². The Morgan fingerprint density at radius 1 is 1.04 bits per heavy atom. The second kappa shape index (κ2) is 5.04. The molecule has 5 nitrogen and oxygen atoms in total. The topological polar surface area (TPSA) is 57.7 Å². The van der Waals surface area contributed by atoms with Crippen LogP contribution >= 0.6 is 0 Å². The second-order valence-electron chi connectivity index (χ2n) is 7.68. The molecule has 1 aromatic rings. The summed E-state index contributed by atoms with van der Waals surface area (Å²) in [4.78, 5) is 41.0. The third-order valence-electron chi connectivity index (χ3n) is 6.48. The Hall–Kier alpha value is -2.43. The number of hydrogen-bond donors (Lipinski definition) is 0. The number of benzene rings is 1. The van der Waals surface area contributed by atoms with Crippen molar-refractivity contribution in [1.29, 1.82) is 0 Å². The number of carbonyl (C=O) groups excluding carboxylic acids is 3. The van der Waals surface area contributed by atoms with Crippen LogP contribution in [0, 0.1) is 35.5 Å². The van der Waals surface area contributed by atoms with Gasteiger partial charge in [0.2, 0.25) is 17.7 Å². The number of carbonyl (C=O) groups is 3. The van der Waals surface area contributed by atoms with Crippen LogP contribution in [0.2, 0.25) is 0 Å². The van der Waals surface area contributed by atoms with E-state index in [0.29, 0.717) is 17.5 Å². The van der Waals surface area contributed by atoms with E-state index < -0.39 is 0 Å². The minimum Gasteiger partial charge on any atom is -0.294 e. The Labute approximate surface area is 146 Å². The van der Waals surface area contributed by atoms with Crippen LogP contribution in [0.5, 0.6) is 0 Å². The highest BCUT2D eigenvalue weighted by Crippen LogP contribution is 2.65. The molecule has 0 spiro atoms. The van der Waals surface area contributed by atoms with E-state index in [0.717, 1.165) is 6.42 Å². The number of likely N-dealkylation sites (tertiary alicyclic amines) is 1. The summed E-state index contributed by atoms with van der Waals surface area (Å²) in [6.07, 6.45) is 5.47. The van der Waals surface area contributed by atoms with Crippen molar-refractivity contribution >= 4 is 23.4 Å². The molecule has 1 aromatic carbocycles. The van der Waals surface area contributed by atoms with Gasteiger partial charge in [0.15, 0.2) is 0 Å². The van der Waals surface area contributed by atoms with Crippen molar-refractivity contribution in [3.05, 3.63) is 42.5 Å². The Bertz CT molecular complexity index is 766. The maximum atomic E-state index is 13.0. The minimum absolute atomic E-state index is 0.0127. The van der Waals surface area contributed by atoms with Gasteiger partial charge in [-0.25, -0.2) is 0 Å². The van der Waals surface area contributed by atoms with Crippen molar-refractivity contribution < 1.29 is 14.4 Å². The fourth-order valence-electron chi connectivity index (χ4n) is 5.27. The standard InChI is InChI=1S/C20H20N2O3/c1-11(23)21(12-5-3-2-4-6-12)10-22-19(24)17-13-7-8-14(16-9-15(13)16)18(17)20(22)25/h2-8,13-18H,9-10H2,1H3/t13-,14-,15-,16+,17+,18+/m1/s1. The van der Waals surface area contributed by atoms with E-state index in [-0.39, 0.29) is 48.1 Å². The van der Waals surface area contributed by atoms with Crippen LogP contribution in [0.25, 0.3) is 0 Å². The first-order valence-corrected chi connectivity index (χ1v) is 8.94. The van der Waals surface area contributed by atoms with Gasteiger partial charge in [-0.1, -0.05) is 30.4 Å². The molecule has 4 aliphatic carbocycles. The van der Waals surface area contributed by atoms with E-state index >= 15 is 0 Å². The fraction of sp³-hybridized carbons (Fsp3) is 0.450. The summed E-state index contributed by atoms with van der Waals surface area (Å²) in [7, 11) is 0. The van der Waals surface area contributed by atoms with Crippen molar-refractivity contribution in [2.75, 3.05) is 11.6 Å². The van der Waals surface area contributed by atoms with E-state index in [4.69, 9.17) is 0 Å². The first-order valence-electron chi connectivity index (χ1n) is 8.94. The van der Waals surface area contributed by atoms with Gasteiger partial charge in [-0.2, -0.15) is 0 Å². The van der Waals surface area contributed by atoms with Gasteiger partial charge in [-0.05, 0) is 42.2 Å². The highest BCUT2D eigenvalue weighted by atomic mass is 16.2. The zero-order chi connectivity index (χ0) is 17.3. The lowest BCUT2D eigenvalue weighted by Gasteiger charge is -2.37. The molecule has 2 saturated carbocycles. The predicted octanol–water partition coefficient (Wildman–Crippen LogP) is 2.05. The molecule has 6 atom stereocenters. The largest absolute Gasteiger partial charge is 0.294 e. The Kier molecular flexibility index (Phi) is 3.00. The second-order valence-corrected chi connectivity index (χ2v) is 7.68. The lowest BCUT2D eigenvalue weighted by molar-refractivity contribution is -0.140. The van der Waals surface area contributed by atoms with Gasteiger partial charge in [0.25, 0.3) is 0 Å². The molecule has 3 fully saturated rings. The maximum Gasteiger partial charge on any atom is 0.235 e. The number of nitrogens with zero attached hydrogens (tertiary/aromatic N) is 2. The summed E-state index contributed by atoms with van der Waals surface area (Å²) >= 11 is 0. The Morgan fingerprint density at radius 3 is 2.12 bits per heavy atom. The number of allylic oxidation sites excluding steroid dienone is 2. The van der Waals surface area contributed by atoms with Crippen molar-refractivity contribution in [3.63, 3.8) is 0 Å². The Morgan fingerprint density at radius 2 is 1.60 bits per heavy atom. The molecule has 128 valence electrons. The van der Waals surface area contributed by atoms with E-state index in [1.54, 1.807) is 0 Å². The molecule has 5 heteroatoms. The fourth-order valence-corrected chi connectivity index (χ4v) is 5.27. The SMILES string of the molecule is CC(=O)N(CN1C(=O)[C@H]2[C@@H]3C=C[C@H]([C@@H]4C[C@H]34)[C@@H]2C1=O)c1ccccc1. The maximum absolute atomic E-state index is 13.0. The van der Waals surface area contributed by atoms with Crippen LogP contribution in [0.1, 0.15) is 13.3 Å². The number of para-hydroxylation sites is 1. The molecular weight excluding hydrogens is 316 g/mol. The van der Waals surface area contributed by atoms with Crippen molar-refractivity contribution in [1.82, 2.24) is 4.90 Å². The van der Waals surface area contributed by atoms with Crippen LogP contribution in [-0.4, -0.2) is 29.3 Å². The number of amides is 3. The predicted molar refractivity (Wildman–Crippen MR) is 91.0 cm³/mol. The quantitative estimate of drug-likeness (QED) is 0.627. The van der Waals surface area contributed by atoms with Gasteiger partial charge >= 0.3 is 0 Å². The molecule has 5 aliphatic rings. The van der Waals surface area contributed by atoms with Gasteiger partial charge in [-0.15, -0.1) is 0 Å². The average Bonchev–Trinajstić information content (AvgIpc) is 3.40. The summed E-state index contributed by atoms with van der Waals surface area (Å²) in [6, 6.07) is 9.20. The van der Waals surface area contributed by atoms with Crippen LogP contribution in [0.4, 0.5) is 5.69 Å². The molecule has 0 aromatic heterocycles. The number of imide groups is 1.